The number of rotatable bonds is 1. The molecule has 1 saturated carbocycles. The van der Waals surface area contributed by atoms with Gasteiger partial charge in [-0.1, -0.05) is 0 Å². The van der Waals surface area contributed by atoms with Crippen LogP contribution < -0.4 is 0 Å². The van der Waals surface area contributed by atoms with Gasteiger partial charge in [0.2, 0.25) is 0 Å². The zero-order valence-corrected chi connectivity index (χ0v) is 7.79. The van der Waals surface area contributed by atoms with Crippen molar-refractivity contribution in [2.45, 2.75) is 19.3 Å². The molecule has 13 heavy (non-hydrogen) atoms. The average molecular weight is 181 g/mol. The van der Waals surface area contributed by atoms with E-state index in [2.05, 4.69) is 4.90 Å². The highest BCUT2D eigenvalue weighted by atomic mass is 16.5. The Kier molecular flexibility index (Phi) is 2.64. The number of allylic oxidation sites excluding steroid dienone is 1. The molecule has 0 spiro atoms. The first-order valence-corrected chi connectivity index (χ1v) is 4.92. The molecule has 1 aliphatic heterocycles. The molecule has 3 nitrogen and oxygen atoms in total. The number of ketones is 1. The van der Waals surface area contributed by atoms with Gasteiger partial charge in [-0.15, -0.1) is 0 Å². The standard InChI is InChI=1S/C10H15NO2/c12-10-3-1-2-9(10)8-11-4-6-13-7-5-11/h8H,1-7H2/b9-8+. The normalized spacial score (nSPS) is 27.2. The van der Waals surface area contributed by atoms with Gasteiger partial charge in [0.15, 0.2) is 5.78 Å². The van der Waals surface area contributed by atoms with E-state index in [1.165, 1.54) is 0 Å². The molecule has 0 atom stereocenters. The third kappa shape index (κ3) is 2.10. The second kappa shape index (κ2) is 3.92. The predicted octanol–water partition coefficient (Wildman–Crippen LogP) is 0.956. The van der Waals surface area contributed by atoms with Crippen LogP contribution in [0, 0.1) is 0 Å². The zero-order chi connectivity index (χ0) is 9.10. The van der Waals surface area contributed by atoms with Crippen LogP contribution in [-0.2, 0) is 9.53 Å². The Balaban J connectivity index is 1.96. The van der Waals surface area contributed by atoms with E-state index in [0.29, 0.717) is 5.78 Å². The number of carbonyl (C=O) groups is 1. The SMILES string of the molecule is O=C1CCC/C1=C\N1CCOCC1. The summed E-state index contributed by atoms with van der Waals surface area (Å²) in [6.45, 7) is 3.43. The fraction of sp³-hybridized carbons (Fsp3) is 0.700. The van der Waals surface area contributed by atoms with Crippen molar-refractivity contribution in [3.8, 4) is 0 Å². The lowest BCUT2D eigenvalue weighted by Gasteiger charge is -2.25. The van der Waals surface area contributed by atoms with Gasteiger partial charge in [0.25, 0.3) is 0 Å². The minimum absolute atomic E-state index is 0.339. The topological polar surface area (TPSA) is 29.5 Å². The smallest absolute Gasteiger partial charge is 0.160 e. The van der Waals surface area contributed by atoms with Crippen LogP contribution in [0.2, 0.25) is 0 Å². The third-order valence-corrected chi connectivity index (χ3v) is 2.59. The van der Waals surface area contributed by atoms with Crippen molar-refractivity contribution >= 4 is 5.78 Å². The number of Topliss-reactive ketones (excluding diaryl/α,β-unsaturated/α-hetero) is 1. The number of ether oxygens (including phenoxy) is 1. The Morgan fingerprint density at radius 2 is 2.00 bits per heavy atom. The number of nitrogens with zero attached hydrogens (tertiary/aromatic N) is 1. The zero-order valence-electron chi connectivity index (χ0n) is 7.79. The quantitative estimate of drug-likeness (QED) is 0.564. The molecule has 0 radical (unpaired) electrons. The maximum absolute atomic E-state index is 11.3. The van der Waals surface area contributed by atoms with Gasteiger partial charge in [-0.05, 0) is 12.8 Å². The molecule has 0 amide bonds. The van der Waals surface area contributed by atoms with Crippen molar-refractivity contribution in [2.75, 3.05) is 26.3 Å². The summed E-state index contributed by atoms with van der Waals surface area (Å²) in [4.78, 5) is 13.5. The lowest BCUT2D eigenvalue weighted by molar-refractivity contribution is -0.114. The highest BCUT2D eigenvalue weighted by Gasteiger charge is 2.18. The monoisotopic (exact) mass is 181 g/mol. The van der Waals surface area contributed by atoms with Crippen molar-refractivity contribution in [3.63, 3.8) is 0 Å². The largest absolute Gasteiger partial charge is 0.378 e. The highest BCUT2D eigenvalue weighted by molar-refractivity contribution is 5.97. The van der Waals surface area contributed by atoms with Crippen molar-refractivity contribution in [1.82, 2.24) is 4.90 Å². The van der Waals surface area contributed by atoms with E-state index in [0.717, 1.165) is 51.1 Å². The molecular formula is C10H15NO2. The second-order valence-corrected chi connectivity index (χ2v) is 3.58. The molecule has 2 fully saturated rings. The van der Waals surface area contributed by atoms with Gasteiger partial charge in [-0.2, -0.15) is 0 Å². The van der Waals surface area contributed by atoms with E-state index in [-0.39, 0.29) is 0 Å². The van der Waals surface area contributed by atoms with Gasteiger partial charge in [0.1, 0.15) is 0 Å². The van der Waals surface area contributed by atoms with Gasteiger partial charge < -0.3 is 9.64 Å². The number of carbonyl (C=O) groups excluding carboxylic acids is 1. The minimum Gasteiger partial charge on any atom is -0.378 e. The van der Waals surface area contributed by atoms with Crippen LogP contribution in [0.1, 0.15) is 19.3 Å². The molecule has 72 valence electrons. The van der Waals surface area contributed by atoms with E-state index in [4.69, 9.17) is 4.74 Å². The Bertz CT molecular complexity index is 229. The molecular weight excluding hydrogens is 166 g/mol. The summed E-state index contributed by atoms with van der Waals surface area (Å²) in [5, 5.41) is 0. The Labute approximate surface area is 78.4 Å². The number of hydrogen-bond donors (Lipinski definition) is 0. The Morgan fingerprint density at radius 1 is 1.23 bits per heavy atom. The molecule has 0 aromatic carbocycles. The first-order valence-electron chi connectivity index (χ1n) is 4.92. The van der Waals surface area contributed by atoms with E-state index < -0.39 is 0 Å². The second-order valence-electron chi connectivity index (χ2n) is 3.58. The van der Waals surface area contributed by atoms with Crippen LogP contribution in [0.15, 0.2) is 11.8 Å². The molecule has 1 aliphatic carbocycles. The molecule has 0 aromatic rings. The van der Waals surface area contributed by atoms with Gasteiger partial charge in [-0.25, -0.2) is 0 Å². The molecule has 2 rings (SSSR count). The predicted molar refractivity (Wildman–Crippen MR) is 49.3 cm³/mol. The Morgan fingerprint density at radius 3 is 2.62 bits per heavy atom. The summed E-state index contributed by atoms with van der Waals surface area (Å²) in [6, 6.07) is 0. The lowest BCUT2D eigenvalue weighted by Crippen LogP contribution is -2.32. The van der Waals surface area contributed by atoms with Crippen LogP contribution in [-0.4, -0.2) is 37.0 Å². The number of morpholine rings is 1. The molecule has 0 N–H and O–H groups in total. The van der Waals surface area contributed by atoms with Crippen LogP contribution >= 0.6 is 0 Å². The molecule has 2 aliphatic rings. The Hall–Kier alpha value is -0.830. The summed E-state index contributed by atoms with van der Waals surface area (Å²) in [7, 11) is 0. The van der Waals surface area contributed by atoms with Crippen molar-refractivity contribution in [1.29, 1.82) is 0 Å². The van der Waals surface area contributed by atoms with Crippen LogP contribution in [0.4, 0.5) is 0 Å². The summed E-state index contributed by atoms with van der Waals surface area (Å²) < 4.78 is 5.24. The van der Waals surface area contributed by atoms with Gasteiger partial charge in [-0.3, -0.25) is 4.79 Å². The van der Waals surface area contributed by atoms with Crippen molar-refractivity contribution < 1.29 is 9.53 Å². The van der Waals surface area contributed by atoms with Crippen LogP contribution in [0.5, 0.6) is 0 Å². The summed E-state index contributed by atoms with van der Waals surface area (Å²) >= 11 is 0. The molecule has 0 unspecified atom stereocenters. The molecule has 0 bridgehead atoms. The van der Waals surface area contributed by atoms with E-state index in [1.54, 1.807) is 0 Å². The average Bonchev–Trinajstić information content (AvgIpc) is 2.54. The van der Waals surface area contributed by atoms with Crippen molar-refractivity contribution in [2.24, 2.45) is 0 Å². The fourth-order valence-electron chi connectivity index (χ4n) is 1.80. The summed E-state index contributed by atoms with van der Waals surface area (Å²) in [5.74, 6) is 0.339. The lowest BCUT2D eigenvalue weighted by atomic mass is 10.2. The molecule has 0 aromatic heterocycles. The first-order chi connectivity index (χ1) is 6.36. The highest BCUT2D eigenvalue weighted by Crippen LogP contribution is 2.20. The van der Waals surface area contributed by atoms with Gasteiger partial charge >= 0.3 is 0 Å². The summed E-state index contributed by atoms with van der Waals surface area (Å²) in [5.41, 5.74) is 1.02. The van der Waals surface area contributed by atoms with E-state index >= 15 is 0 Å². The molecule has 1 saturated heterocycles. The van der Waals surface area contributed by atoms with Crippen LogP contribution in [0.3, 0.4) is 0 Å². The maximum atomic E-state index is 11.3. The van der Waals surface area contributed by atoms with Crippen LogP contribution in [0.25, 0.3) is 0 Å². The van der Waals surface area contributed by atoms with E-state index in [1.807, 2.05) is 6.20 Å². The fourth-order valence-corrected chi connectivity index (χ4v) is 1.80. The molecule has 1 heterocycles. The number of hydrogen-bond acceptors (Lipinski definition) is 3. The molecule has 3 heteroatoms. The summed E-state index contributed by atoms with van der Waals surface area (Å²) in [6.07, 6.45) is 4.79. The van der Waals surface area contributed by atoms with E-state index in [9.17, 15) is 4.79 Å². The maximum Gasteiger partial charge on any atom is 0.160 e. The third-order valence-electron chi connectivity index (χ3n) is 2.59. The first kappa shape index (κ1) is 8.75. The van der Waals surface area contributed by atoms with Crippen molar-refractivity contribution in [3.05, 3.63) is 11.8 Å². The van der Waals surface area contributed by atoms with Gasteiger partial charge in [0, 0.05) is 31.3 Å². The van der Waals surface area contributed by atoms with Gasteiger partial charge in [0.05, 0.1) is 13.2 Å². The minimum atomic E-state index is 0.339.